The van der Waals surface area contributed by atoms with Crippen LogP contribution in [0, 0.1) is 0 Å². The van der Waals surface area contributed by atoms with Gasteiger partial charge in [-0.25, -0.2) is 14.4 Å². The number of nitrogens with zero attached hydrogens (tertiary/aromatic N) is 2. The first-order chi connectivity index (χ1) is 5.81. The molecule has 7 nitrogen and oxygen atoms in total. The molecular formula is C5H6N4O3. The van der Waals surface area contributed by atoms with Gasteiger partial charge in [-0.2, -0.15) is 9.98 Å². The van der Waals surface area contributed by atoms with Gasteiger partial charge in [0.05, 0.1) is 0 Å². The first-order valence-electron chi connectivity index (χ1n) is 2.90. The van der Waals surface area contributed by atoms with Crippen molar-refractivity contribution in [3.8, 4) is 0 Å². The van der Waals surface area contributed by atoms with Gasteiger partial charge in [0.2, 0.25) is 12.2 Å². The maximum Gasteiger partial charge on any atom is 0.317 e. The second kappa shape index (κ2) is 7.14. The summed E-state index contributed by atoms with van der Waals surface area (Å²) in [6.07, 6.45) is 2.47. The third kappa shape index (κ3) is 6.15. The maximum atomic E-state index is 10.6. The standard InChI is InChI=1S/C5H6N4O3/c10-3-6-1-8-5(12)9-2-7-4-11/h1-2H2,(H2,8,9,12). The summed E-state index contributed by atoms with van der Waals surface area (Å²) in [7, 11) is 0. The van der Waals surface area contributed by atoms with Crippen LogP contribution in [0.1, 0.15) is 0 Å². The highest BCUT2D eigenvalue weighted by Gasteiger charge is 1.94. The number of carbonyl (C=O) groups excluding carboxylic acids is 3. The van der Waals surface area contributed by atoms with Crippen LogP contribution < -0.4 is 10.6 Å². The summed E-state index contributed by atoms with van der Waals surface area (Å²) in [6, 6.07) is -0.576. The zero-order valence-electron chi connectivity index (χ0n) is 6.03. The summed E-state index contributed by atoms with van der Waals surface area (Å²) >= 11 is 0. The highest BCUT2D eigenvalue weighted by molar-refractivity contribution is 5.73. The summed E-state index contributed by atoms with van der Waals surface area (Å²) in [4.78, 5) is 35.7. The minimum atomic E-state index is -0.576. The molecule has 0 aliphatic carbocycles. The van der Waals surface area contributed by atoms with Crippen molar-refractivity contribution in [2.45, 2.75) is 0 Å². The number of hydrogen-bond donors (Lipinski definition) is 2. The Labute approximate surface area is 67.6 Å². The number of rotatable bonds is 4. The van der Waals surface area contributed by atoms with Crippen LogP contribution in [0.4, 0.5) is 4.79 Å². The highest BCUT2D eigenvalue weighted by Crippen LogP contribution is 1.65. The van der Waals surface area contributed by atoms with Gasteiger partial charge in [0.15, 0.2) is 0 Å². The Morgan fingerprint density at radius 1 is 1.08 bits per heavy atom. The van der Waals surface area contributed by atoms with E-state index in [1.54, 1.807) is 0 Å². The van der Waals surface area contributed by atoms with Crippen molar-refractivity contribution in [3.05, 3.63) is 0 Å². The fourth-order valence-corrected chi connectivity index (χ4v) is 0.350. The number of amides is 2. The Kier molecular flexibility index (Phi) is 5.97. The Bertz CT molecular complexity index is 215. The first kappa shape index (κ1) is 10.0. The predicted molar refractivity (Wildman–Crippen MR) is 37.6 cm³/mol. The molecule has 0 radical (unpaired) electrons. The van der Waals surface area contributed by atoms with Crippen LogP contribution in [-0.2, 0) is 9.59 Å². The van der Waals surface area contributed by atoms with Crippen LogP contribution in [0.3, 0.4) is 0 Å². The number of carbonyl (C=O) groups is 1. The van der Waals surface area contributed by atoms with E-state index in [1.807, 2.05) is 0 Å². The summed E-state index contributed by atoms with van der Waals surface area (Å²) in [6.45, 7) is -0.305. The largest absolute Gasteiger partial charge is 0.318 e. The van der Waals surface area contributed by atoms with Gasteiger partial charge in [0.25, 0.3) is 0 Å². The lowest BCUT2D eigenvalue weighted by Crippen LogP contribution is -2.35. The van der Waals surface area contributed by atoms with E-state index in [-0.39, 0.29) is 13.3 Å². The number of aliphatic imine (C=N–C) groups is 2. The summed E-state index contributed by atoms with van der Waals surface area (Å²) in [5.74, 6) is 0. The Hall–Kier alpha value is -1.97. The van der Waals surface area contributed by atoms with Gasteiger partial charge in [-0.15, -0.1) is 0 Å². The van der Waals surface area contributed by atoms with Gasteiger partial charge in [0.1, 0.15) is 13.3 Å². The van der Waals surface area contributed by atoms with Crippen LogP contribution >= 0.6 is 0 Å². The van der Waals surface area contributed by atoms with Crippen molar-refractivity contribution in [2.24, 2.45) is 9.98 Å². The fraction of sp³-hybridized carbons (Fsp3) is 0.400. The van der Waals surface area contributed by atoms with Crippen LogP contribution in [0.15, 0.2) is 9.98 Å². The molecule has 0 aliphatic rings. The number of isocyanates is 2. The molecule has 0 aliphatic heterocycles. The Morgan fingerprint density at radius 3 is 1.83 bits per heavy atom. The molecule has 0 aromatic carbocycles. The lowest BCUT2D eigenvalue weighted by atomic mass is 10.9. The third-order valence-electron chi connectivity index (χ3n) is 0.766. The summed E-state index contributed by atoms with van der Waals surface area (Å²) in [5, 5.41) is 4.35. The minimum absolute atomic E-state index is 0.153. The van der Waals surface area contributed by atoms with Crippen molar-refractivity contribution in [3.63, 3.8) is 0 Å². The lowest BCUT2D eigenvalue weighted by molar-refractivity contribution is 0.241. The van der Waals surface area contributed by atoms with Crippen molar-refractivity contribution >= 4 is 18.2 Å². The van der Waals surface area contributed by atoms with Gasteiger partial charge in [-0.3, -0.25) is 0 Å². The SMILES string of the molecule is O=C=NCNC(=O)NCN=C=O. The molecule has 0 rings (SSSR count). The maximum absolute atomic E-state index is 10.6. The van der Waals surface area contributed by atoms with E-state index in [0.29, 0.717) is 0 Å². The van der Waals surface area contributed by atoms with Crippen LogP contribution in [0.25, 0.3) is 0 Å². The normalized spacial score (nSPS) is 7.33. The second-order valence-corrected chi connectivity index (χ2v) is 1.50. The molecule has 0 heterocycles. The van der Waals surface area contributed by atoms with Gasteiger partial charge >= 0.3 is 6.03 Å². The molecule has 0 unspecified atom stereocenters. The second-order valence-electron chi connectivity index (χ2n) is 1.50. The molecule has 0 aromatic rings. The van der Waals surface area contributed by atoms with Crippen molar-refractivity contribution in [1.29, 1.82) is 0 Å². The molecule has 0 atom stereocenters. The van der Waals surface area contributed by atoms with Crippen LogP contribution in [0.5, 0.6) is 0 Å². The van der Waals surface area contributed by atoms with E-state index < -0.39 is 6.03 Å². The van der Waals surface area contributed by atoms with E-state index in [9.17, 15) is 14.4 Å². The van der Waals surface area contributed by atoms with Crippen molar-refractivity contribution in [1.82, 2.24) is 10.6 Å². The number of urea groups is 1. The minimum Gasteiger partial charge on any atom is -0.318 e. The average molecular weight is 170 g/mol. The molecule has 0 spiro atoms. The van der Waals surface area contributed by atoms with E-state index >= 15 is 0 Å². The monoisotopic (exact) mass is 170 g/mol. The van der Waals surface area contributed by atoms with Crippen molar-refractivity contribution < 1.29 is 14.4 Å². The fourth-order valence-electron chi connectivity index (χ4n) is 0.350. The summed E-state index contributed by atoms with van der Waals surface area (Å²) in [5.41, 5.74) is 0. The Morgan fingerprint density at radius 2 is 1.50 bits per heavy atom. The molecule has 2 amide bonds. The van der Waals surface area contributed by atoms with Crippen LogP contribution in [0.2, 0.25) is 0 Å². The molecule has 2 N–H and O–H groups in total. The molecule has 7 heteroatoms. The van der Waals surface area contributed by atoms with Gasteiger partial charge in [-0.1, -0.05) is 0 Å². The molecule has 12 heavy (non-hydrogen) atoms. The molecule has 0 aromatic heterocycles. The molecule has 0 bridgehead atoms. The molecule has 0 saturated carbocycles. The Balaban J connectivity index is 3.45. The van der Waals surface area contributed by atoms with E-state index in [1.165, 1.54) is 12.2 Å². The molecular weight excluding hydrogens is 164 g/mol. The van der Waals surface area contributed by atoms with Crippen LogP contribution in [-0.4, -0.2) is 31.5 Å². The van der Waals surface area contributed by atoms with E-state index in [4.69, 9.17) is 0 Å². The smallest absolute Gasteiger partial charge is 0.317 e. The van der Waals surface area contributed by atoms with Gasteiger partial charge < -0.3 is 10.6 Å². The number of nitrogens with one attached hydrogen (secondary N) is 2. The molecule has 0 saturated heterocycles. The van der Waals surface area contributed by atoms with Gasteiger partial charge in [0, 0.05) is 0 Å². The zero-order valence-corrected chi connectivity index (χ0v) is 6.03. The number of hydrogen-bond acceptors (Lipinski definition) is 5. The van der Waals surface area contributed by atoms with Crippen molar-refractivity contribution in [2.75, 3.05) is 13.3 Å². The third-order valence-corrected chi connectivity index (χ3v) is 0.766. The lowest BCUT2D eigenvalue weighted by Gasteiger charge is -1.99. The molecule has 64 valence electrons. The predicted octanol–water partition coefficient (Wildman–Crippen LogP) is -1.13. The van der Waals surface area contributed by atoms with E-state index in [0.717, 1.165) is 0 Å². The first-order valence-corrected chi connectivity index (χ1v) is 2.90. The quantitative estimate of drug-likeness (QED) is 0.412. The topological polar surface area (TPSA) is 100.0 Å². The average Bonchev–Trinajstić information content (AvgIpc) is 2.06. The molecule has 0 fully saturated rings. The van der Waals surface area contributed by atoms with E-state index in [2.05, 4.69) is 20.6 Å². The van der Waals surface area contributed by atoms with Gasteiger partial charge in [-0.05, 0) is 0 Å². The summed E-state index contributed by atoms with van der Waals surface area (Å²) < 4.78 is 0. The highest BCUT2D eigenvalue weighted by atomic mass is 16.2. The zero-order chi connectivity index (χ0) is 9.23.